The van der Waals surface area contributed by atoms with Crippen LogP contribution in [-0.2, 0) is 0 Å². The standard InChI is InChI=1S/C26H31FN2/c1-6-13-23(7-2)26(22(5)29-24(8-3)14-9-11-18-27)20-21(4)16-17-25-15-10-12-19-28-25/h6,8-13,15,19-21,29H,1,5,7,14,18H2,2-4H3/b11-9?,23-13-,24-8+,26-20-. The summed E-state index contributed by atoms with van der Waals surface area (Å²) in [6, 6.07) is 5.69. The Morgan fingerprint density at radius 1 is 1.34 bits per heavy atom. The molecule has 1 heterocycles. The van der Waals surface area contributed by atoms with Gasteiger partial charge in [0, 0.05) is 29.9 Å². The lowest BCUT2D eigenvalue weighted by Gasteiger charge is -2.18. The van der Waals surface area contributed by atoms with E-state index in [1.165, 1.54) is 6.08 Å². The molecule has 1 rings (SSSR count). The molecule has 0 spiro atoms. The molecule has 0 aromatic carbocycles. The van der Waals surface area contributed by atoms with Crippen molar-refractivity contribution in [3.8, 4) is 11.8 Å². The molecule has 1 N–H and O–H groups in total. The number of allylic oxidation sites excluding steroid dienone is 7. The molecule has 0 bridgehead atoms. The summed E-state index contributed by atoms with van der Waals surface area (Å²) in [5.41, 5.74) is 4.63. The molecule has 152 valence electrons. The van der Waals surface area contributed by atoms with E-state index in [9.17, 15) is 4.39 Å². The summed E-state index contributed by atoms with van der Waals surface area (Å²) in [6.07, 6.45) is 14.4. The molecule has 2 nitrogen and oxygen atoms in total. The van der Waals surface area contributed by atoms with Gasteiger partial charge < -0.3 is 5.32 Å². The third-order valence-electron chi connectivity index (χ3n) is 4.13. The molecular weight excluding hydrogens is 359 g/mol. The van der Waals surface area contributed by atoms with Crippen molar-refractivity contribution in [2.24, 2.45) is 5.92 Å². The van der Waals surface area contributed by atoms with E-state index >= 15 is 0 Å². The number of hydrogen-bond donors (Lipinski definition) is 1. The zero-order valence-corrected chi connectivity index (χ0v) is 17.7. The highest BCUT2D eigenvalue weighted by molar-refractivity contribution is 5.48. The first-order chi connectivity index (χ1) is 14.0. The number of alkyl halides is 1. The quantitative estimate of drug-likeness (QED) is 0.282. The van der Waals surface area contributed by atoms with E-state index in [4.69, 9.17) is 0 Å². The van der Waals surface area contributed by atoms with E-state index in [-0.39, 0.29) is 5.92 Å². The fraction of sp³-hybridized carbons (Fsp3) is 0.269. The molecule has 1 unspecified atom stereocenters. The molecule has 0 aliphatic carbocycles. The van der Waals surface area contributed by atoms with E-state index < -0.39 is 6.67 Å². The van der Waals surface area contributed by atoms with Crippen LogP contribution in [0.15, 0.2) is 96.6 Å². The second kappa shape index (κ2) is 14.0. The molecule has 0 fully saturated rings. The van der Waals surface area contributed by atoms with Crippen molar-refractivity contribution < 1.29 is 4.39 Å². The summed E-state index contributed by atoms with van der Waals surface area (Å²) < 4.78 is 12.3. The molecule has 1 atom stereocenters. The summed E-state index contributed by atoms with van der Waals surface area (Å²) in [6.45, 7) is 13.7. The lowest BCUT2D eigenvalue weighted by molar-refractivity contribution is 0.561. The maximum atomic E-state index is 12.3. The Hall–Kier alpha value is -3.12. The van der Waals surface area contributed by atoms with E-state index in [2.05, 4.69) is 48.3 Å². The summed E-state index contributed by atoms with van der Waals surface area (Å²) in [7, 11) is 0. The SMILES string of the molecule is C=C/C=C(CC)\C(=C/C(C)C#Cc1ccccn1)C(=C)N/C(=C/C)CC=CCF. The van der Waals surface area contributed by atoms with Gasteiger partial charge >= 0.3 is 0 Å². The molecule has 0 saturated carbocycles. The van der Waals surface area contributed by atoms with Crippen LogP contribution in [0.1, 0.15) is 39.3 Å². The zero-order chi connectivity index (χ0) is 21.5. The van der Waals surface area contributed by atoms with Crippen molar-refractivity contribution in [2.45, 2.75) is 33.6 Å². The van der Waals surface area contributed by atoms with E-state index in [0.717, 1.165) is 34.7 Å². The first-order valence-corrected chi connectivity index (χ1v) is 9.84. The molecule has 0 amide bonds. The average Bonchev–Trinajstić information content (AvgIpc) is 2.74. The molecule has 1 aromatic heterocycles. The molecule has 29 heavy (non-hydrogen) atoms. The van der Waals surface area contributed by atoms with Crippen molar-refractivity contribution in [1.82, 2.24) is 10.3 Å². The first kappa shape index (κ1) is 23.9. The molecule has 1 aromatic rings. The van der Waals surface area contributed by atoms with Gasteiger partial charge in [-0.05, 0) is 49.5 Å². The van der Waals surface area contributed by atoms with Crippen LogP contribution in [0.2, 0.25) is 0 Å². The zero-order valence-electron chi connectivity index (χ0n) is 17.7. The largest absolute Gasteiger partial charge is 0.359 e. The highest BCUT2D eigenvalue weighted by Gasteiger charge is 2.10. The lowest BCUT2D eigenvalue weighted by atomic mass is 9.96. The van der Waals surface area contributed by atoms with Gasteiger partial charge in [-0.15, -0.1) is 0 Å². The van der Waals surface area contributed by atoms with Crippen molar-refractivity contribution in [1.29, 1.82) is 0 Å². The number of nitrogens with one attached hydrogen (secondary N) is 1. The van der Waals surface area contributed by atoms with Crippen LogP contribution in [0.25, 0.3) is 0 Å². The van der Waals surface area contributed by atoms with Crippen LogP contribution in [0, 0.1) is 17.8 Å². The van der Waals surface area contributed by atoms with Crippen LogP contribution in [0.5, 0.6) is 0 Å². The number of nitrogens with zero attached hydrogens (tertiary/aromatic N) is 1. The highest BCUT2D eigenvalue weighted by atomic mass is 19.1. The molecular formula is C26H31FN2. The maximum Gasteiger partial charge on any atom is 0.113 e. The normalized spacial score (nSPS) is 13.6. The van der Waals surface area contributed by atoms with E-state index in [1.54, 1.807) is 18.3 Å². The minimum absolute atomic E-state index is 0.00538. The molecule has 3 heteroatoms. The highest BCUT2D eigenvalue weighted by Crippen LogP contribution is 2.23. The number of rotatable bonds is 10. The van der Waals surface area contributed by atoms with Crippen LogP contribution in [0.4, 0.5) is 4.39 Å². The molecule has 0 radical (unpaired) electrons. The Kier molecular flexibility index (Phi) is 11.5. The Morgan fingerprint density at radius 2 is 2.14 bits per heavy atom. The van der Waals surface area contributed by atoms with Crippen LogP contribution >= 0.6 is 0 Å². The Morgan fingerprint density at radius 3 is 2.72 bits per heavy atom. The summed E-state index contributed by atoms with van der Waals surface area (Å²) >= 11 is 0. The van der Waals surface area contributed by atoms with Gasteiger partial charge in [0.2, 0.25) is 0 Å². The maximum absolute atomic E-state index is 12.3. The van der Waals surface area contributed by atoms with E-state index in [0.29, 0.717) is 6.42 Å². The third kappa shape index (κ3) is 9.08. The fourth-order valence-electron chi connectivity index (χ4n) is 2.63. The van der Waals surface area contributed by atoms with Gasteiger partial charge in [0.15, 0.2) is 0 Å². The van der Waals surface area contributed by atoms with E-state index in [1.807, 2.05) is 44.2 Å². The number of pyridine rings is 1. The number of hydrogen-bond acceptors (Lipinski definition) is 2. The summed E-state index contributed by atoms with van der Waals surface area (Å²) in [5.74, 6) is 6.35. The van der Waals surface area contributed by atoms with Crippen molar-refractivity contribution in [3.63, 3.8) is 0 Å². The second-order valence-electron chi connectivity index (χ2n) is 6.38. The number of aromatic nitrogens is 1. The van der Waals surface area contributed by atoms with Crippen molar-refractivity contribution in [3.05, 3.63) is 102 Å². The molecule has 0 aliphatic heterocycles. The summed E-state index contributed by atoms with van der Waals surface area (Å²) in [4.78, 5) is 4.24. The van der Waals surface area contributed by atoms with Gasteiger partial charge in [-0.3, -0.25) is 0 Å². The summed E-state index contributed by atoms with van der Waals surface area (Å²) in [5, 5.41) is 3.37. The van der Waals surface area contributed by atoms with Gasteiger partial charge in [0.05, 0.1) is 0 Å². The monoisotopic (exact) mass is 390 g/mol. The predicted molar refractivity (Wildman–Crippen MR) is 123 cm³/mol. The van der Waals surface area contributed by atoms with Gasteiger partial charge in [-0.25, -0.2) is 9.37 Å². The van der Waals surface area contributed by atoms with Crippen LogP contribution in [-0.4, -0.2) is 11.7 Å². The first-order valence-electron chi connectivity index (χ1n) is 9.84. The average molecular weight is 391 g/mol. The van der Waals surface area contributed by atoms with Gasteiger partial charge in [0.25, 0.3) is 0 Å². The topological polar surface area (TPSA) is 24.9 Å². The van der Waals surface area contributed by atoms with Crippen molar-refractivity contribution in [2.75, 3.05) is 6.67 Å². The van der Waals surface area contributed by atoms with Gasteiger partial charge in [0.1, 0.15) is 12.4 Å². The Labute approximate surface area is 175 Å². The number of halogens is 1. The van der Waals surface area contributed by atoms with Crippen LogP contribution < -0.4 is 5.32 Å². The van der Waals surface area contributed by atoms with Crippen molar-refractivity contribution >= 4 is 0 Å². The van der Waals surface area contributed by atoms with Gasteiger partial charge in [-0.2, -0.15) is 0 Å². The smallest absolute Gasteiger partial charge is 0.113 e. The Bertz CT molecular complexity index is 846. The fourth-order valence-corrected chi connectivity index (χ4v) is 2.63. The Balaban J connectivity index is 3.12. The second-order valence-corrected chi connectivity index (χ2v) is 6.38. The van der Waals surface area contributed by atoms with Crippen LogP contribution in [0.3, 0.4) is 0 Å². The molecule has 0 aliphatic rings. The molecule has 0 saturated heterocycles. The lowest BCUT2D eigenvalue weighted by Crippen LogP contribution is -2.15. The third-order valence-corrected chi connectivity index (χ3v) is 4.13. The minimum atomic E-state index is -0.461. The predicted octanol–water partition coefficient (Wildman–Crippen LogP) is 6.44. The van der Waals surface area contributed by atoms with Gasteiger partial charge in [-0.1, -0.05) is 68.5 Å². The minimum Gasteiger partial charge on any atom is -0.359 e.